The summed E-state index contributed by atoms with van der Waals surface area (Å²) in [6.45, 7) is 4.62. The summed E-state index contributed by atoms with van der Waals surface area (Å²) in [7, 11) is 0. The van der Waals surface area contributed by atoms with E-state index in [-0.39, 0.29) is 24.3 Å². The molecule has 0 bridgehead atoms. The summed E-state index contributed by atoms with van der Waals surface area (Å²) in [6.07, 6.45) is 8.87. The zero-order chi connectivity index (χ0) is 25.6. The number of benzene rings is 2. The first-order valence-electron chi connectivity index (χ1n) is 13.2. The van der Waals surface area contributed by atoms with E-state index in [1.807, 2.05) is 46.3 Å². The van der Waals surface area contributed by atoms with E-state index in [1.165, 1.54) is 5.56 Å². The number of halogens is 1. The molecule has 0 saturated heterocycles. The van der Waals surface area contributed by atoms with E-state index in [1.54, 1.807) is 17.1 Å². The van der Waals surface area contributed by atoms with Gasteiger partial charge in [-0.2, -0.15) is 0 Å². The molecule has 7 nitrogen and oxygen atoms in total. The van der Waals surface area contributed by atoms with Crippen molar-refractivity contribution in [1.29, 1.82) is 0 Å². The quantitative estimate of drug-likeness (QED) is 0.494. The molecule has 3 aromatic rings. The molecular weight excluding hydrogens is 486 g/mol. The van der Waals surface area contributed by atoms with Gasteiger partial charge in [0.05, 0.1) is 6.33 Å². The average molecular weight is 520 g/mol. The summed E-state index contributed by atoms with van der Waals surface area (Å²) < 4.78 is 1.81. The van der Waals surface area contributed by atoms with E-state index in [9.17, 15) is 9.59 Å². The van der Waals surface area contributed by atoms with Crippen LogP contribution in [0, 0.1) is 5.92 Å². The van der Waals surface area contributed by atoms with Crippen LogP contribution in [0.2, 0.25) is 5.02 Å². The number of fused-ring (bicyclic) bond motifs is 1. The average Bonchev–Trinajstić information content (AvgIpc) is 3.63. The Kier molecular flexibility index (Phi) is 8.21. The maximum Gasteiger partial charge on any atom is 0.242 e. The van der Waals surface area contributed by atoms with Gasteiger partial charge in [-0.25, -0.2) is 4.98 Å². The molecule has 1 fully saturated rings. The lowest BCUT2D eigenvalue weighted by Gasteiger charge is -2.32. The van der Waals surface area contributed by atoms with E-state index < -0.39 is 0 Å². The molecule has 0 unspecified atom stereocenters. The molecule has 2 aliphatic rings. The van der Waals surface area contributed by atoms with Crippen molar-refractivity contribution in [2.75, 3.05) is 31.1 Å². The summed E-state index contributed by atoms with van der Waals surface area (Å²) in [4.78, 5) is 37.2. The standard InChI is InChI=1S/C29H34ClN5O2/c30-26-11-7-23(8-12-26)19-32-14-3-16-34(28(36)21-33-18-13-31-22-33)20-25-5-1-2-6-27(25)35(17-4-15-32)29(37)24-9-10-24/h1-2,5-8,11-13,18,22,24H,3-4,9-10,14-17,19-21H2. The summed E-state index contributed by atoms with van der Waals surface area (Å²) in [6, 6.07) is 16.1. The first-order valence-corrected chi connectivity index (χ1v) is 13.5. The van der Waals surface area contributed by atoms with Gasteiger partial charge in [-0.3, -0.25) is 14.5 Å². The van der Waals surface area contributed by atoms with Gasteiger partial charge in [-0.15, -0.1) is 0 Å². The number of carbonyl (C=O) groups excluding carboxylic acids is 2. The van der Waals surface area contributed by atoms with E-state index in [0.29, 0.717) is 19.6 Å². The highest BCUT2D eigenvalue weighted by molar-refractivity contribution is 6.30. The largest absolute Gasteiger partial charge is 0.337 e. The Morgan fingerprint density at radius 3 is 2.43 bits per heavy atom. The number of amides is 2. The van der Waals surface area contributed by atoms with Gasteiger partial charge in [0.25, 0.3) is 0 Å². The lowest BCUT2D eigenvalue weighted by molar-refractivity contribution is -0.132. The fourth-order valence-electron chi connectivity index (χ4n) is 5.00. The molecule has 8 heteroatoms. The molecule has 0 spiro atoms. The second-order valence-corrected chi connectivity index (χ2v) is 10.5. The second-order valence-electron chi connectivity index (χ2n) is 10.1. The number of anilines is 1. The van der Waals surface area contributed by atoms with Crippen LogP contribution in [-0.2, 0) is 29.2 Å². The number of carbonyl (C=O) groups is 2. The van der Waals surface area contributed by atoms with Crippen LogP contribution in [-0.4, -0.2) is 57.3 Å². The number of para-hydroxylation sites is 1. The van der Waals surface area contributed by atoms with Gasteiger partial charge in [-0.1, -0.05) is 41.9 Å². The summed E-state index contributed by atoms with van der Waals surface area (Å²) >= 11 is 6.10. The minimum atomic E-state index is 0.0502. The Labute approximate surface area is 223 Å². The molecular formula is C29H34ClN5O2. The van der Waals surface area contributed by atoms with E-state index in [4.69, 9.17) is 11.6 Å². The molecule has 1 aliphatic carbocycles. The SMILES string of the molecule is O=C(Cn1ccnc1)N1CCCN(Cc2ccc(Cl)cc2)CCCN(C(=O)C2CC2)c2ccccc2C1. The second kappa shape index (κ2) is 11.9. The minimum absolute atomic E-state index is 0.0502. The molecule has 0 N–H and O–H groups in total. The maximum absolute atomic E-state index is 13.4. The minimum Gasteiger partial charge on any atom is -0.337 e. The zero-order valence-electron chi connectivity index (χ0n) is 21.1. The van der Waals surface area contributed by atoms with Crippen molar-refractivity contribution in [3.05, 3.63) is 83.4 Å². The number of rotatable bonds is 5. The van der Waals surface area contributed by atoms with Crippen LogP contribution in [0.5, 0.6) is 0 Å². The monoisotopic (exact) mass is 519 g/mol. The number of hydrogen-bond donors (Lipinski definition) is 0. The van der Waals surface area contributed by atoms with Crippen molar-refractivity contribution >= 4 is 29.1 Å². The fourth-order valence-corrected chi connectivity index (χ4v) is 5.12. The lowest BCUT2D eigenvalue weighted by Crippen LogP contribution is -2.40. The third kappa shape index (κ3) is 6.79. The lowest BCUT2D eigenvalue weighted by atomic mass is 10.1. The van der Waals surface area contributed by atoms with Gasteiger partial charge < -0.3 is 14.4 Å². The van der Waals surface area contributed by atoms with Gasteiger partial charge in [0.1, 0.15) is 6.54 Å². The van der Waals surface area contributed by atoms with Gasteiger partial charge in [0.15, 0.2) is 0 Å². The van der Waals surface area contributed by atoms with E-state index in [0.717, 1.165) is 61.6 Å². The third-order valence-corrected chi connectivity index (χ3v) is 7.40. The molecule has 0 radical (unpaired) electrons. The Morgan fingerprint density at radius 1 is 0.946 bits per heavy atom. The van der Waals surface area contributed by atoms with Crippen LogP contribution in [0.25, 0.3) is 0 Å². The summed E-state index contributed by atoms with van der Waals surface area (Å²) in [5, 5.41) is 0.734. The van der Waals surface area contributed by atoms with Gasteiger partial charge in [0, 0.05) is 68.3 Å². The molecule has 0 atom stereocenters. The molecule has 2 amide bonds. The highest BCUT2D eigenvalue weighted by Gasteiger charge is 2.35. The molecule has 1 aliphatic heterocycles. The molecule has 194 valence electrons. The normalized spacial score (nSPS) is 17.5. The van der Waals surface area contributed by atoms with Crippen molar-refractivity contribution < 1.29 is 9.59 Å². The number of nitrogens with zero attached hydrogens (tertiary/aromatic N) is 5. The number of aromatic nitrogens is 2. The predicted molar refractivity (Wildman–Crippen MR) is 145 cm³/mol. The van der Waals surface area contributed by atoms with Crippen molar-refractivity contribution in [3.8, 4) is 0 Å². The zero-order valence-corrected chi connectivity index (χ0v) is 21.9. The highest BCUT2D eigenvalue weighted by Crippen LogP contribution is 2.34. The van der Waals surface area contributed by atoms with Crippen LogP contribution in [0.4, 0.5) is 5.69 Å². The van der Waals surface area contributed by atoms with Crippen LogP contribution in [0.1, 0.15) is 36.8 Å². The Hall–Kier alpha value is -3.16. The van der Waals surface area contributed by atoms with Crippen molar-refractivity contribution in [1.82, 2.24) is 19.4 Å². The molecule has 5 rings (SSSR count). The number of hydrogen-bond acceptors (Lipinski definition) is 4. The van der Waals surface area contributed by atoms with Crippen molar-refractivity contribution in [2.24, 2.45) is 5.92 Å². The first-order chi connectivity index (χ1) is 18.1. The Balaban J connectivity index is 1.40. The summed E-state index contributed by atoms with van der Waals surface area (Å²) in [5.41, 5.74) is 3.17. The molecule has 1 aromatic heterocycles. The topological polar surface area (TPSA) is 61.7 Å². The van der Waals surface area contributed by atoms with Gasteiger partial charge in [0.2, 0.25) is 11.8 Å². The van der Waals surface area contributed by atoms with E-state index >= 15 is 0 Å². The Bertz CT molecular complexity index is 1190. The van der Waals surface area contributed by atoms with Gasteiger partial charge in [-0.05, 0) is 55.0 Å². The molecule has 1 saturated carbocycles. The van der Waals surface area contributed by atoms with Crippen LogP contribution in [0.3, 0.4) is 0 Å². The Morgan fingerprint density at radius 2 is 1.70 bits per heavy atom. The first kappa shape index (κ1) is 25.5. The van der Waals surface area contributed by atoms with Gasteiger partial charge >= 0.3 is 0 Å². The smallest absolute Gasteiger partial charge is 0.242 e. The molecule has 37 heavy (non-hydrogen) atoms. The predicted octanol–water partition coefficient (Wildman–Crippen LogP) is 4.60. The van der Waals surface area contributed by atoms with Crippen molar-refractivity contribution in [2.45, 2.75) is 45.3 Å². The third-order valence-electron chi connectivity index (χ3n) is 7.14. The molecule has 2 heterocycles. The highest BCUT2D eigenvalue weighted by atomic mass is 35.5. The molecule has 2 aromatic carbocycles. The fraction of sp³-hybridized carbons (Fsp3) is 0.414. The maximum atomic E-state index is 13.4. The number of imidazole rings is 1. The van der Waals surface area contributed by atoms with Crippen molar-refractivity contribution in [3.63, 3.8) is 0 Å². The summed E-state index contributed by atoms with van der Waals surface area (Å²) in [5.74, 6) is 0.393. The van der Waals surface area contributed by atoms with Crippen LogP contribution in [0.15, 0.2) is 67.3 Å². The van der Waals surface area contributed by atoms with Crippen LogP contribution < -0.4 is 4.90 Å². The van der Waals surface area contributed by atoms with E-state index in [2.05, 4.69) is 28.1 Å². The van der Waals surface area contributed by atoms with Crippen LogP contribution >= 0.6 is 11.6 Å².